The molecule has 28 heavy (non-hydrogen) atoms. The maximum absolute atomic E-state index is 12.7. The van der Waals surface area contributed by atoms with Crippen LogP contribution in [0.4, 0.5) is 11.4 Å². The Labute approximate surface area is 159 Å². The average molecular weight is 402 g/mol. The number of hydrogen-bond acceptors (Lipinski definition) is 8. The van der Waals surface area contributed by atoms with E-state index >= 15 is 0 Å². The number of rotatable bonds is 5. The number of nitro benzene ring substituents is 1. The first-order chi connectivity index (χ1) is 13.1. The van der Waals surface area contributed by atoms with Gasteiger partial charge in [0.1, 0.15) is 0 Å². The van der Waals surface area contributed by atoms with E-state index in [0.29, 0.717) is 17.1 Å². The predicted molar refractivity (Wildman–Crippen MR) is 98.6 cm³/mol. The third kappa shape index (κ3) is 4.04. The summed E-state index contributed by atoms with van der Waals surface area (Å²) in [6, 6.07) is 9.63. The largest absolute Gasteiger partial charge is 0.339 e. The number of nitrogens with one attached hydrogen (secondary N) is 1. The lowest BCUT2D eigenvalue weighted by atomic mass is 10.1. The molecule has 0 aliphatic rings. The van der Waals surface area contributed by atoms with Crippen LogP contribution in [0.5, 0.6) is 0 Å². The fourth-order valence-corrected chi connectivity index (χ4v) is 3.10. The number of sulfone groups is 1. The van der Waals surface area contributed by atoms with Gasteiger partial charge in [-0.1, -0.05) is 17.3 Å². The second-order valence-electron chi connectivity index (χ2n) is 5.88. The van der Waals surface area contributed by atoms with Gasteiger partial charge in [0.15, 0.2) is 9.84 Å². The molecule has 0 radical (unpaired) electrons. The zero-order valence-electron chi connectivity index (χ0n) is 14.7. The Kier molecular flexibility index (Phi) is 4.92. The summed E-state index contributed by atoms with van der Waals surface area (Å²) in [5.74, 6) is -0.127. The molecule has 0 fully saturated rings. The van der Waals surface area contributed by atoms with Crippen molar-refractivity contribution in [2.75, 3.05) is 11.6 Å². The highest BCUT2D eigenvalue weighted by atomic mass is 32.2. The van der Waals surface area contributed by atoms with E-state index in [1.807, 2.05) is 0 Å². The normalized spacial score (nSPS) is 11.2. The van der Waals surface area contributed by atoms with Crippen molar-refractivity contribution in [3.05, 3.63) is 64.0 Å². The molecule has 3 aromatic rings. The molecule has 0 aliphatic carbocycles. The molecular weight excluding hydrogens is 388 g/mol. The maximum atomic E-state index is 12.7. The van der Waals surface area contributed by atoms with Crippen LogP contribution in [0.25, 0.3) is 11.4 Å². The first-order valence-corrected chi connectivity index (χ1v) is 9.75. The molecule has 1 heterocycles. The summed E-state index contributed by atoms with van der Waals surface area (Å²) in [6.45, 7) is 1.62. The summed E-state index contributed by atoms with van der Waals surface area (Å²) in [7, 11) is -3.75. The number of amides is 1. The van der Waals surface area contributed by atoms with Crippen molar-refractivity contribution >= 4 is 27.1 Å². The Balaban J connectivity index is 2.01. The molecular formula is C17H14N4O6S. The van der Waals surface area contributed by atoms with Gasteiger partial charge in [0.2, 0.25) is 11.7 Å². The Morgan fingerprint density at radius 2 is 1.93 bits per heavy atom. The monoisotopic (exact) mass is 402 g/mol. The first-order valence-electron chi connectivity index (χ1n) is 7.86. The van der Waals surface area contributed by atoms with Crippen LogP contribution in [0.15, 0.2) is 51.9 Å². The molecule has 2 aromatic carbocycles. The second kappa shape index (κ2) is 7.19. The van der Waals surface area contributed by atoms with Gasteiger partial charge in [0, 0.05) is 36.4 Å². The standard InChI is InChI=1S/C17H14N4O6S/c1-10-18-16(20-27-10)14-5-3-4-6-15(14)19-17(22)11-7-12(21(23)24)9-13(8-11)28(2,25)26/h3-9H,1-2H3,(H,19,22). The predicted octanol–water partition coefficient (Wildman–Crippen LogP) is 2.61. The number of hydrogen-bond donors (Lipinski definition) is 1. The van der Waals surface area contributed by atoms with Gasteiger partial charge in [0.25, 0.3) is 11.6 Å². The summed E-state index contributed by atoms with van der Waals surface area (Å²) < 4.78 is 28.5. The molecule has 0 aliphatic heterocycles. The zero-order valence-corrected chi connectivity index (χ0v) is 15.6. The number of carbonyl (C=O) groups excluding carboxylic acids is 1. The van der Waals surface area contributed by atoms with Crippen LogP contribution < -0.4 is 5.32 Å². The third-order valence-electron chi connectivity index (χ3n) is 3.74. The molecule has 0 spiro atoms. The molecule has 1 amide bonds. The quantitative estimate of drug-likeness (QED) is 0.506. The molecule has 0 saturated carbocycles. The zero-order chi connectivity index (χ0) is 20.5. The molecule has 3 rings (SSSR count). The van der Waals surface area contributed by atoms with Crippen LogP contribution in [-0.2, 0) is 9.84 Å². The van der Waals surface area contributed by atoms with E-state index in [0.717, 1.165) is 24.5 Å². The van der Waals surface area contributed by atoms with E-state index in [2.05, 4.69) is 15.5 Å². The van der Waals surface area contributed by atoms with Crippen molar-refractivity contribution in [3.63, 3.8) is 0 Å². The van der Waals surface area contributed by atoms with Crippen molar-refractivity contribution in [2.45, 2.75) is 11.8 Å². The lowest BCUT2D eigenvalue weighted by Gasteiger charge is -2.09. The molecule has 144 valence electrons. The maximum Gasteiger partial charge on any atom is 0.271 e. The summed E-state index contributed by atoms with van der Waals surface area (Å²) in [6.07, 6.45) is 0.904. The SMILES string of the molecule is Cc1nc(-c2ccccc2NC(=O)c2cc([N+](=O)[O-])cc(S(C)(=O)=O)c2)no1. The van der Waals surface area contributed by atoms with E-state index in [1.165, 1.54) is 0 Å². The van der Waals surface area contributed by atoms with Crippen LogP contribution in [0.3, 0.4) is 0 Å². The van der Waals surface area contributed by atoms with Crippen molar-refractivity contribution in [2.24, 2.45) is 0 Å². The lowest BCUT2D eigenvalue weighted by Crippen LogP contribution is -2.14. The minimum atomic E-state index is -3.75. The highest BCUT2D eigenvalue weighted by Crippen LogP contribution is 2.27. The minimum Gasteiger partial charge on any atom is -0.339 e. The van der Waals surface area contributed by atoms with Gasteiger partial charge in [-0.15, -0.1) is 0 Å². The number of para-hydroxylation sites is 1. The smallest absolute Gasteiger partial charge is 0.271 e. The topological polar surface area (TPSA) is 145 Å². The van der Waals surface area contributed by atoms with Crippen molar-refractivity contribution in [1.82, 2.24) is 10.1 Å². The van der Waals surface area contributed by atoms with Gasteiger partial charge in [-0.25, -0.2) is 8.42 Å². The Bertz CT molecular complexity index is 1190. The van der Waals surface area contributed by atoms with Gasteiger partial charge in [-0.3, -0.25) is 14.9 Å². The van der Waals surface area contributed by atoms with E-state index in [1.54, 1.807) is 31.2 Å². The Morgan fingerprint density at radius 3 is 2.54 bits per heavy atom. The highest BCUT2D eigenvalue weighted by molar-refractivity contribution is 7.90. The Morgan fingerprint density at radius 1 is 1.21 bits per heavy atom. The molecule has 11 heteroatoms. The molecule has 10 nitrogen and oxygen atoms in total. The number of non-ortho nitro benzene ring substituents is 1. The van der Waals surface area contributed by atoms with Gasteiger partial charge < -0.3 is 9.84 Å². The van der Waals surface area contributed by atoms with Gasteiger partial charge in [-0.05, 0) is 18.2 Å². The van der Waals surface area contributed by atoms with E-state index in [-0.39, 0.29) is 16.3 Å². The highest BCUT2D eigenvalue weighted by Gasteiger charge is 2.20. The van der Waals surface area contributed by atoms with Crippen LogP contribution in [0.1, 0.15) is 16.2 Å². The van der Waals surface area contributed by atoms with E-state index in [4.69, 9.17) is 4.52 Å². The number of anilines is 1. The van der Waals surface area contributed by atoms with Gasteiger partial charge >= 0.3 is 0 Å². The van der Waals surface area contributed by atoms with Gasteiger partial charge in [-0.2, -0.15) is 4.98 Å². The number of carbonyl (C=O) groups is 1. The summed E-state index contributed by atoms with van der Waals surface area (Å²) in [5, 5.41) is 17.5. The number of benzene rings is 2. The van der Waals surface area contributed by atoms with E-state index < -0.39 is 26.4 Å². The molecule has 0 bridgehead atoms. The van der Waals surface area contributed by atoms with E-state index in [9.17, 15) is 23.3 Å². The molecule has 1 N–H and O–H groups in total. The fraction of sp³-hybridized carbons (Fsp3) is 0.118. The third-order valence-corrected chi connectivity index (χ3v) is 4.83. The van der Waals surface area contributed by atoms with Crippen molar-refractivity contribution < 1.29 is 22.7 Å². The van der Waals surface area contributed by atoms with Crippen LogP contribution >= 0.6 is 0 Å². The summed E-state index contributed by atoms with van der Waals surface area (Å²) in [4.78, 5) is 26.8. The summed E-state index contributed by atoms with van der Waals surface area (Å²) in [5.41, 5.74) is 0.131. The van der Waals surface area contributed by atoms with Crippen LogP contribution in [0.2, 0.25) is 0 Å². The van der Waals surface area contributed by atoms with Gasteiger partial charge in [0.05, 0.1) is 15.5 Å². The first kappa shape index (κ1) is 19.2. The summed E-state index contributed by atoms with van der Waals surface area (Å²) >= 11 is 0. The lowest BCUT2D eigenvalue weighted by molar-refractivity contribution is -0.385. The van der Waals surface area contributed by atoms with Crippen LogP contribution in [-0.4, -0.2) is 35.6 Å². The average Bonchev–Trinajstić information content (AvgIpc) is 3.07. The van der Waals surface area contributed by atoms with Crippen molar-refractivity contribution in [3.8, 4) is 11.4 Å². The van der Waals surface area contributed by atoms with Crippen molar-refractivity contribution in [1.29, 1.82) is 0 Å². The molecule has 0 atom stereocenters. The fourth-order valence-electron chi connectivity index (χ4n) is 2.42. The number of nitrogens with zero attached hydrogens (tertiary/aromatic N) is 3. The number of aryl methyl sites for hydroxylation is 1. The number of aromatic nitrogens is 2. The molecule has 0 saturated heterocycles. The molecule has 0 unspecified atom stereocenters. The Hall–Kier alpha value is -3.60. The molecule has 1 aromatic heterocycles. The number of nitro groups is 1. The van der Waals surface area contributed by atoms with Crippen LogP contribution in [0, 0.1) is 17.0 Å². The second-order valence-corrected chi connectivity index (χ2v) is 7.90. The minimum absolute atomic E-state index is 0.172.